The van der Waals surface area contributed by atoms with Gasteiger partial charge in [0.2, 0.25) is 5.91 Å². The van der Waals surface area contributed by atoms with Crippen LogP contribution in [-0.4, -0.2) is 67.9 Å². The highest BCUT2D eigenvalue weighted by atomic mass is 32.2. The van der Waals surface area contributed by atoms with Crippen LogP contribution in [0, 0.1) is 0 Å². The van der Waals surface area contributed by atoms with Gasteiger partial charge in [0.15, 0.2) is 11.5 Å². The van der Waals surface area contributed by atoms with E-state index in [9.17, 15) is 4.79 Å². The second-order valence-electron chi connectivity index (χ2n) is 6.50. The van der Waals surface area contributed by atoms with Crippen LogP contribution in [-0.2, 0) is 4.79 Å². The summed E-state index contributed by atoms with van der Waals surface area (Å²) in [5, 5.41) is 0.625. The Labute approximate surface area is 145 Å². The molecule has 3 heterocycles. The molecular weight excluding hydrogens is 324 g/mol. The summed E-state index contributed by atoms with van der Waals surface area (Å²) in [5.74, 6) is 1.97. The summed E-state index contributed by atoms with van der Waals surface area (Å²) in [4.78, 5) is 32.6. The highest BCUT2D eigenvalue weighted by molar-refractivity contribution is 8.00. The summed E-state index contributed by atoms with van der Waals surface area (Å²) in [6.45, 7) is 1.20. The van der Waals surface area contributed by atoms with Crippen LogP contribution in [0.3, 0.4) is 0 Å². The molecule has 1 N–H and O–H groups in total. The Kier molecular flexibility index (Phi) is 4.30. The van der Waals surface area contributed by atoms with E-state index in [1.54, 1.807) is 6.33 Å². The second-order valence-corrected chi connectivity index (χ2v) is 7.85. The van der Waals surface area contributed by atoms with Crippen molar-refractivity contribution in [2.24, 2.45) is 0 Å². The van der Waals surface area contributed by atoms with Gasteiger partial charge in [-0.3, -0.25) is 4.79 Å². The zero-order valence-electron chi connectivity index (χ0n) is 13.8. The van der Waals surface area contributed by atoms with Gasteiger partial charge >= 0.3 is 0 Å². The molecule has 24 heavy (non-hydrogen) atoms. The molecule has 0 spiro atoms. The van der Waals surface area contributed by atoms with Crippen LogP contribution in [0.2, 0.25) is 0 Å². The van der Waals surface area contributed by atoms with Gasteiger partial charge in [0.25, 0.3) is 0 Å². The Balaban J connectivity index is 1.50. The summed E-state index contributed by atoms with van der Waals surface area (Å²) in [7, 11) is 1.90. The molecule has 8 heteroatoms. The Hall–Kier alpha value is -1.83. The van der Waals surface area contributed by atoms with Crippen LogP contribution < -0.4 is 4.90 Å². The predicted molar refractivity (Wildman–Crippen MR) is 95.2 cm³/mol. The Bertz CT molecular complexity index is 732. The molecule has 2 atom stereocenters. The van der Waals surface area contributed by atoms with Crippen LogP contribution in [0.4, 0.5) is 5.82 Å². The molecule has 0 aromatic carbocycles. The number of likely N-dealkylation sites (N-methyl/N-ethyl adjacent to an activating group) is 1. The van der Waals surface area contributed by atoms with Gasteiger partial charge < -0.3 is 14.8 Å². The second kappa shape index (κ2) is 6.58. The number of rotatable bonds is 3. The number of carbonyl (C=O) groups excluding carboxylic acids is 1. The molecule has 2 aliphatic rings. The van der Waals surface area contributed by atoms with Crippen LogP contribution in [0.15, 0.2) is 12.7 Å². The lowest BCUT2D eigenvalue weighted by atomic mass is 9.93. The minimum Gasteiger partial charge on any atom is -0.348 e. The summed E-state index contributed by atoms with van der Waals surface area (Å²) >= 11 is 2.05. The number of anilines is 1. The fraction of sp³-hybridized carbons (Fsp3) is 0.625. The number of H-pyrrole nitrogens is 1. The van der Waals surface area contributed by atoms with E-state index < -0.39 is 0 Å². The third-order valence-corrected chi connectivity index (χ3v) is 6.39. The van der Waals surface area contributed by atoms with Crippen molar-refractivity contribution in [1.82, 2.24) is 24.8 Å². The fourth-order valence-electron chi connectivity index (χ4n) is 3.82. The molecule has 1 saturated carbocycles. The number of carbonyl (C=O) groups is 1. The van der Waals surface area contributed by atoms with Gasteiger partial charge in [-0.2, -0.15) is 11.8 Å². The quantitative estimate of drug-likeness (QED) is 0.911. The number of hydrogen-bond donors (Lipinski definition) is 1. The molecule has 2 aromatic heterocycles. The fourth-order valence-corrected chi connectivity index (χ4v) is 5.26. The first-order chi connectivity index (χ1) is 11.7. The van der Waals surface area contributed by atoms with Gasteiger partial charge in [-0.25, -0.2) is 15.0 Å². The van der Waals surface area contributed by atoms with Gasteiger partial charge in [0, 0.05) is 30.6 Å². The number of nitrogens with one attached hydrogen (secondary N) is 1. The maximum atomic E-state index is 12.9. The molecule has 0 unspecified atom stereocenters. The number of aromatic amines is 1. The average molecular weight is 346 g/mol. The van der Waals surface area contributed by atoms with E-state index in [2.05, 4.69) is 24.8 Å². The number of thioether (sulfide) groups is 1. The molecule has 7 nitrogen and oxygen atoms in total. The highest BCUT2D eigenvalue weighted by Gasteiger charge is 2.36. The molecule has 1 aliphatic carbocycles. The van der Waals surface area contributed by atoms with Gasteiger partial charge in [0.05, 0.1) is 12.9 Å². The molecule has 4 rings (SSSR count). The molecule has 2 aromatic rings. The van der Waals surface area contributed by atoms with Crippen molar-refractivity contribution in [3.63, 3.8) is 0 Å². The molecular formula is C16H22N6OS. The molecule has 0 bridgehead atoms. The van der Waals surface area contributed by atoms with Crippen LogP contribution in [0.25, 0.3) is 11.2 Å². The topological polar surface area (TPSA) is 78.0 Å². The summed E-state index contributed by atoms with van der Waals surface area (Å²) in [6.07, 6.45) is 8.03. The lowest BCUT2D eigenvalue weighted by Crippen LogP contribution is -2.54. The standard InChI is InChI=1S/C16H22N6OS/c1-21(16-14-15(18-9-17-14)19-10-20-16)8-13(23)22-6-7-24-12-5-3-2-4-11(12)22/h9-12H,2-8H2,1H3,(H,17,18,19,20)/t11-,12+/m1/s1. The maximum Gasteiger partial charge on any atom is 0.242 e. The SMILES string of the molecule is CN(CC(=O)N1CCS[C@H]2CCCC[C@H]21)c1ncnc2nc[nH]c12. The zero-order valence-corrected chi connectivity index (χ0v) is 14.6. The van der Waals surface area contributed by atoms with Crippen molar-refractivity contribution in [2.45, 2.75) is 37.0 Å². The summed E-state index contributed by atoms with van der Waals surface area (Å²) < 4.78 is 0. The highest BCUT2D eigenvalue weighted by Crippen LogP contribution is 2.35. The van der Waals surface area contributed by atoms with E-state index in [1.807, 2.05) is 23.7 Å². The largest absolute Gasteiger partial charge is 0.348 e. The number of hydrogen-bond acceptors (Lipinski definition) is 6. The van der Waals surface area contributed by atoms with Crippen LogP contribution >= 0.6 is 11.8 Å². The van der Waals surface area contributed by atoms with Crippen molar-refractivity contribution >= 4 is 34.7 Å². The number of fused-ring (bicyclic) bond motifs is 2. The van der Waals surface area contributed by atoms with Crippen molar-refractivity contribution in [3.8, 4) is 0 Å². The van der Waals surface area contributed by atoms with Gasteiger partial charge in [-0.05, 0) is 12.8 Å². The van der Waals surface area contributed by atoms with Gasteiger partial charge in [-0.1, -0.05) is 12.8 Å². The van der Waals surface area contributed by atoms with Crippen LogP contribution in [0.5, 0.6) is 0 Å². The monoisotopic (exact) mass is 346 g/mol. The molecule has 1 aliphatic heterocycles. The predicted octanol–water partition coefficient (Wildman–Crippen LogP) is 1.68. The number of nitrogens with zero attached hydrogens (tertiary/aromatic N) is 5. The third-order valence-electron chi connectivity index (χ3n) is 4.99. The zero-order chi connectivity index (χ0) is 16.5. The number of imidazole rings is 1. The third kappa shape index (κ3) is 2.83. The van der Waals surface area contributed by atoms with Crippen LogP contribution in [0.1, 0.15) is 25.7 Å². The minimum atomic E-state index is 0.195. The number of aromatic nitrogens is 4. The lowest BCUT2D eigenvalue weighted by molar-refractivity contribution is -0.132. The molecule has 0 radical (unpaired) electrons. The van der Waals surface area contributed by atoms with E-state index in [1.165, 1.54) is 25.6 Å². The van der Waals surface area contributed by atoms with Crippen molar-refractivity contribution in [3.05, 3.63) is 12.7 Å². The first kappa shape index (κ1) is 15.7. The molecule has 1 saturated heterocycles. The Morgan fingerprint density at radius 2 is 2.25 bits per heavy atom. The van der Waals surface area contributed by atoms with Gasteiger partial charge in [0.1, 0.15) is 11.8 Å². The van der Waals surface area contributed by atoms with E-state index >= 15 is 0 Å². The normalized spacial score (nSPS) is 24.0. The van der Waals surface area contributed by atoms with Gasteiger partial charge in [-0.15, -0.1) is 0 Å². The lowest BCUT2D eigenvalue weighted by Gasteiger charge is -2.44. The van der Waals surface area contributed by atoms with Crippen molar-refractivity contribution < 1.29 is 4.79 Å². The van der Waals surface area contributed by atoms with E-state index in [0.29, 0.717) is 23.5 Å². The molecule has 1 amide bonds. The molecule has 128 valence electrons. The number of amides is 1. The Morgan fingerprint density at radius 1 is 1.38 bits per heavy atom. The minimum absolute atomic E-state index is 0.195. The first-order valence-corrected chi connectivity index (χ1v) is 9.55. The van der Waals surface area contributed by atoms with Crippen molar-refractivity contribution in [2.75, 3.05) is 30.8 Å². The summed E-state index contributed by atoms with van der Waals surface area (Å²) in [6, 6.07) is 0.413. The van der Waals surface area contributed by atoms with E-state index in [-0.39, 0.29) is 5.91 Å². The first-order valence-electron chi connectivity index (χ1n) is 8.50. The average Bonchev–Trinajstić information content (AvgIpc) is 3.09. The smallest absolute Gasteiger partial charge is 0.242 e. The molecule has 2 fully saturated rings. The Morgan fingerprint density at radius 3 is 3.17 bits per heavy atom. The maximum absolute atomic E-state index is 12.9. The van der Waals surface area contributed by atoms with Crippen molar-refractivity contribution in [1.29, 1.82) is 0 Å². The van der Waals surface area contributed by atoms with E-state index in [0.717, 1.165) is 30.1 Å². The summed E-state index contributed by atoms with van der Waals surface area (Å²) in [5.41, 5.74) is 1.40. The van der Waals surface area contributed by atoms with E-state index in [4.69, 9.17) is 0 Å².